The maximum absolute atomic E-state index is 11.1. The van der Waals surface area contributed by atoms with Crippen LogP contribution in [-0.4, -0.2) is 17.3 Å². The van der Waals surface area contributed by atoms with Gasteiger partial charge in [0.2, 0.25) is 0 Å². The average molecular weight is 296 g/mol. The summed E-state index contributed by atoms with van der Waals surface area (Å²) in [7, 11) is 1.56. The normalized spacial score (nSPS) is 11.6. The molecule has 2 aromatic rings. The van der Waals surface area contributed by atoms with Gasteiger partial charge in [0.1, 0.15) is 5.75 Å². The fourth-order valence-electron chi connectivity index (χ4n) is 1.66. The molecule has 1 aromatic heterocycles. The number of ether oxygens (including phenoxy) is 1. The molecule has 1 heterocycles. The zero-order chi connectivity index (χ0) is 14.2. The number of thiazole rings is 1. The Bertz CT molecular complexity index is 629. The van der Waals surface area contributed by atoms with E-state index in [9.17, 15) is 4.79 Å². The zero-order valence-corrected chi connectivity index (χ0v) is 13.0. The van der Waals surface area contributed by atoms with Gasteiger partial charge in [-0.15, -0.1) is 11.3 Å². The fraction of sp³-hybridized carbons (Fsp3) is 0.385. The highest BCUT2D eigenvalue weighted by Gasteiger charge is 2.20. The number of hydrogen-bond acceptors (Lipinski definition) is 4. The number of amides is 1. The first-order chi connectivity index (χ1) is 8.81. The van der Waals surface area contributed by atoms with Crippen LogP contribution < -0.4 is 10.1 Å². The van der Waals surface area contributed by atoms with Gasteiger partial charge >= 0.3 is 0 Å². The van der Waals surface area contributed by atoms with E-state index in [1.54, 1.807) is 18.4 Å². The molecule has 1 N–H and O–H groups in total. The summed E-state index contributed by atoms with van der Waals surface area (Å²) in [6.45, 7) is 6.37. The van der Waals surface area contributed by atoms with Crippen LogP contribution in [-0.2, 0) is 5.41 Å². The van der Waals surface area contributed by atoms with Gasteiger partial charge in [-0.25, -0.2) is 4.98 Å². The summed E-state index contributed by atoms with van der Waals surface area (Å²) in [4.78, 5) is 15.7. The van der Waals surface area contributed by atoms with Crippen molar-refractivity contribution in [2.75, 3.05) is 12.4 Å². The molecule has 1 aromatic carbocycles. The van der Waals surface area contributed by atoms with Crippen molar-refractivity contribution in [3.63, 3.8) is 0 Å². The van der Waals surface area contributed by atoms with E-state index in [2.05, 4.69) is 43.7 Å². The van der Waals surface area contributed by atoms with Crippen LogP contribution in [0, 0.1) is 0 Å². The molecular formula is C13H16N2O2S2. The smallest absolute Gasteiger partial charge is 0.280 e. The molecule has 102 valence electrons. The monoisotopic (exact) mass is 296 g/mol. The van der Waals surface area contributed by atoms with Crippen LogP contribution in [0.15, 0.2) is 12.1 Å². The summed E-state index contributed by atoms with van der Waals surface area (Å²) in [5.74, 6) is 0.584. The number of nitrogens with one attached hydrogen (secondary N) is 1. The van der Waals surface area contributed by atoms with Crippen molar-refractivity contribution in [2.45, 2.75) is 26.2 Å². The van der Waals surface area contributed by atoms with Gasteiger partial charge in [0.05, 0.1) is 28.0 Å². The lowest BCUT2D eigenvalue weighted by Gasteiger charge is -2.13. The highest BCUT2D eigenvalue weighted by atomic mass is 32.1. The number of carbonyl (C=O) groups excluding carboxylic acids is 1. The number of methoxy groups -OCH3 is 1. The largest absolute Gasteiger partial charge is 0.494 e. The maximum Gasteiger partial charge on any atom is 0.280 e. The second-order valence-corrected chi connectivity index (χ2v) is 6.66. The highest BCUT2D eigenvalue weighted by molar-refractivity contribution is 7.96. The number of fused-ring (bicyclic) bond motifs is 1. The second-order valence-electron chi connectivity index (χ2n) is 5.22. The van der Waals surface area contributed by atoms with Crippen LogP contribution in [0.3, 0.4) is 0 Å². The minimum absolute atomic E-state index is 0.00385. The van der Waals surface area contributed by atoms with E-state index in [1.807, 2.05) is 12.1 Å². The van der Waals surface area contributed by atoms with E-state index >= 15 is 0 Å². The van der Waals surface area contributed by atoms with Crippen LogP contribution in [0.5, 0.6) is 5.75 Å². The first-order valence-electron chi connectivity index (χ1n) is 5.80. The number of anilines is 1. The molecular weight excluding hydrogens is 280 g/mol. The van der Waals surface area contributed by atoms with Crippen molar-refractivity contribution in [1.29, 1.82) is 0 Å². The van der Waals surface area contributed by atoms with Crippen molar-refractivity contribution in [2.24, 2.45) is 0 Å². The second kappa shape index (κ2) is 5.02. The van der Waals surface area contributed by atoms with Crippen molar-refractivity contribution in [1.82, 2.24) is 4.98 Å². The third-order valence-electron chi connectivity index (χ3n) is 2.59. The topological polar surface area (TPSA) is 51.2 Å². The molecule has 6 heteroatoms. The van der Waals surface area contributed by atoms with Gasteiger partial charge in [-0.05, 0) is 6.07 Å². The molecule has 0 radical (unpaired) electrons. The molecule has 0 spiro atoms. The minimum atomic E-state index is -0.418. The van der Waals surface area contributed by atoms with E-state index in [1.165, 1.54) is 0 Å². The van der Waals surface area contributed by atoms with E-state index < -0.39 is 5.24 Å². The van der Waals surface area contributed by atoms with Gasteiger partial charge in [0.15, 0.2) is 0 Å². The number of thiol groups is 1. The Labute approximate surface area is 121 Å². The molecule has 19 heavy (non-hydrogen) atoms. The van der Waals surface area contributed by atoms with E-state index in [0.717, 1.165) is 15.2 Å². The Hall–Kier alpha value is -1.27. The Morgan fingerprint density at radius 3 is 2.63 bits per heavy atom. The minimum Gasteiger partial charge on any atom is -0.494 e. The Balaban J connectivity index is 2.57. The van der Waals surface area contributed by atoms with E-state index in [-0.39, 0.29) is 5.41 Å². The third-order valence-corrected chi connectivity index (χ3v) is 4.15. The fourth-order valence-corrected chi connectivity index (χ4v) is 2.82. The summed E-state index contributed by atoms with van der Waals surface area (Å²) in [5.41, 5.74) is 1.49. The quantitative estimate of drug-likeness (QED) is 0.822. The molecule has 4 nitrogen and oxygen atoms in total. The molecule has 0 aliphatic heterocycles. The first kappa shape index (κ1) is 14.1. The molecule has 0 saturated carbocycles. The summed E-state index contributed by atoms with van der Waals surface area (Å²) in [6.07, 6.45) is 0. The number of rotatable bonds is 2. The maximum atomic E-state index is 11.1. The first-order valence-corrected chi connectivity index (χ1v) is 7.06. The summed E-state index contributed by atoms with van der Waals surface area (Å²) < 4.78 is 6.28. The number of carbonyl (C=O) groups is 1. The van der Waals surface area contributed by atoms with E-state index in [4.69, 9.17) is 4.74 Å². The predicted molar refractivity (Wildman–Crippen MR) is 82.9 cm³/mol. The molecule has 0 fully saturated rings. The molecule has 0 aliphatic rings. The molecule has 0 unspecified atom stereocenters. The van der Waals surface area contributed by atoms with E-state index in [0.29, 0.717) is 11.4 Å². The third kappa shape index (κ3) is 3.01. The number of aromatic nitrogens is 1. The highest BCUT2D eigenvalue weighted by Crippen LogP contribution is 2.36. The lowest BCUT2D eigenvalue weighted by Crippen LogP contribution is -2.09. The Morgan fingerprint density at radius 1 is 1.42 bits per heavy atom. The predicted octanol–water partition coefficient (Wildman–Crippen LogP) is 4.06. The van der Waals surface area contributed by atoms with Gasteiger partial charge in [-0.3, -0.25) is 4.79 Å². The van der Waals surface area contributed by atoms with Crippen molar-refractivity contribution in [3.05, 3.63) is 17.1 Å². The molecule has 0 bridgehead atoms. The summed E-state index contributed by atoms with van der Waals surface area (Å²) in [6, 6.07) is 3.70. The Kier molecular flexibility index (Phi) is 3.73. The van der Waals surface area contributed by atoms with Gasteiger partial charge < -0.3 is 10.1 Å². The van der Waals surface area contributed by atoms with Crippen LogP contribution in [0.25, 0.3) is 10.2 Å². The van der Waals surface area contributed by atoms with Crippen molar-refractivity contribution in [3.8, 4) is 5.75 Å². The zero-order valence-electron chi connectivity index (χ0n) is 11.3. The lowest BCUT2D eigenvalue weighted by molar-refractivity contribution is 0.270. The standard InChI is InChI=1S/C13H16N2O2S2/c1-13(2,3)11-14-8-5-9(17-4)7(15-12(16)18)6-10(8)19-11/h5-6H,1-4H3,(H2,15,16,18). The molecule has 0 atom stereocenters. The Morgan fingerprint density at radius 2 is 2.11 bits per heavy atom. The van der Waals surface area contributed by atoms with Crippen LogP contribution >= 0.6 is 24.0 Å². The van der Waals surface area contributed by atoms with Gasteiger partial charge in [-0.2, -0.15) is 0 Å². The SMILES string of the molecule is COc1cc2nc(C(C)(C)C)sc2cc1NC(=O)S. The molecule has 0 aliphatic carbocycles. The molecule has 2 rings (SSSR count). The van der Waals surface area contributed by atoms with Crippen LogP contribution in [0.4, 0.5) is 10.5 Å². The van der Waals surface area contributed by atoms with Crippen molar-refractivity contribution >= 4 is 45.1 Å². The van der Waals surface area contributed by atoms with Crippen LogP contribution in [0.2, 0.25) is 0 Å². The number of hydrogen-bond donors (Lipinski definition) is 2. The molecule has 1 amide bonds. The van der Waals surface area contributed by atoms with Crippen LogP contribution in [0.1, 0.15) is 25.8 Å². The van der Waals surface area contributed by atoms with Gasteiger partial charge in [0, 0.05) is 11.5 Å². The summed E-state index contributed by atoms with van der Waals surface area (Å²) >= 11 is 5.34. The number of benzene rings is 1. The lowest BCUT2D eigenvalue weighted by atomic mass is 9.98. The number of nitrogens with zero attached hydrogens (tertiary/aromatic N) is 1. The van der Waals surface area contributed by atoms with Gasteiger partial charge in [0.25, 0.3) is 5.24 Å². The van der Waals surface area contributed by atoms with Gasteiger partial charge in [-0.1, -0.05) is 33.4 Å². The molecule has 0 saturated heterocycles. The van der Waals surface area contributed by atoms with Crippen molar-refractivity contribution < 1.29 is 9.53 Å². The summed E-state index contributed by atoms with van der Waals surface area (Å²) in [5, 5.41) is 3.28. The average Bonchev–Trinajstić information content (AvgIpc) is 2.69.